The lowest BCUT2D eigenvalue weighted by atomic mass is 9.74. The van der Waals surface area contributed by atoms with Crippen molar-refractivity contribution in [3.05, 3.63) is 75.0 Å². The van der Waals surface area contributed by atoms with Gasteiger partial charge in [-0.1, -0.05) is 49.8 Å². The van der Waals surface area contributed by atoms with Crippen LogP contribution in [0.25, 0.3) is 6.08 Å². The maximum Gasteiger partial charge on any atom is 0.264 e. The number of hydrogen-bond acceptors (Lipinski definition) is 2. The topological polar surface area (TPSA) is 68.9 Å². The van der Waals surface area contributed by atoms with E-state index in [9.17, 15) is 9.90 Å². The van der Waals surface area contributed by atoms with Crippen LogP contribution in [0.15, 0.2) is 63.7 Å². The van der Waals surface area contributed by atoms with Crippen LogP contribution in [0, 0.1) is 5.41 Å². The lowest BCUT2D eigenvalue weighted by molar-refractivity contribution is 0.292. The molecule has 0 atom stereocenters. The first kappa shape index (κ1) is 18.8. The van der Waals surface area contributed by atoms with Gasteiger partial charge >= 0.3 is 0 Å². The van der Waals surface area contributed by atoms with Crippen LogP contribution in [0.4, 0.5) is 0 Å². The summed E-state index contributed by atoms with van der Waals surface area (Å²) in [6, 6.07) is 1.52. The fraction of sp³-hybridized carbons (Fsp3) is 0.381. The quantitative estimate of drug-likeness (QED) is 0.646. The number of rotatable bonds is 5. The highest BCUT2D eigenvalue weighted by atomic mass is 16.3. The first-order chi connectivity index (χ1) is 11.8. The Labute approximate surface area is 149 Å². The molecule has 0 aromatic carbocycles. The van der Waals surface area contributed by atoms with Gasteiger partial charge in [-0.05, 0) is 49.3 Å². The van der Waals surface area contributed by atoms with Gasteiger partial charge in [0, 0.05) is 12.5 Å². The van der Waals surface area contributed by atoms with Gasteiger partial charge in [-0.25, -0.2) is 0 Å². The van der Waals surface area contributed by atoms with E-state index >= 15 is 0 Å². The van der Waals surface area contributed by atoms with Gasteiger partial charge in [-0.2, -0.15) is 0 Å². The summed E-state index contributed by atoms with van der Waals surface area (Å²) < 4.78 is 0. The second kappa shape index (κ2) is 8.06. The minimum atomic E-state index is -0.132. The number of aromatic nitrogens is 2. The lowest BCUT2D eigenvalue weighted by Gasteiger charge is -2.31. The zero-order valence-corrected chi connectivity index (χ0v) is 15.5. The minimum absolute atomic E-state index is 0.0295. The third kappa shape index (κ3) is 5.52. The number of aliphatic hydroxyl groups excluding tert-OH is 1. The summed E-state index contributed by atoms with van der Waals surface area (Å²) in [7, 11) is 0. The van der Waals surface area contributed by atoms with Crippen LogP contribution in [-0.4, -0.2) is 15.3 Å². The Balaban J connectivity index is 2.04. The highest BCUT2D eigenvalue weighted by molar-refractivity contribution is 5.51. The average Bonchev–Trinajstić information content (AvgIpc) is 2.91. The fourth-order valence-corrected chi connectivity index (χ4v) is 3.02. The molecule has 25 heavy (non-hydrogen) atoms. The lowest BCUT2D eigenvalue weighted by Crippen LogP contribution is -2.19. The molecule has 0 saturated carbocycles. The molecule has 0 fully saturated rings. The summed E-state index contributed by atoms with van der Waals surface area (Å²) in [6.45, 7) is 8.38. The second-order valence-corrected chi connectivity index (χ2v) is 7.30. The van der Waals surface area contributed by atoms with E-state index in [0.29, 0.717) is 5.76 Å². The van der Waals surface area contributed by atoms with Crippen LogP contribution in [0.5, 0.6) is 0 Å². The molecule has 0 amide bonds. The van der Waals surface area contributed by atoms with E-state index in [1.165, 1.54) is 6.07 Å². The summed E-state index contributed by atoms with van der Waals surface area (Å²) in [5, 5.41) is 15.5. The standard InChI is InChI=1S/C21H28N2O2/c1-15(10-11-18-19(24)9-6-12-21(18,3)4)7-5-8-16(2)13-17-14-20(25)23-22-17/h5,7-8,10-11,13-14,24H,6,9,12H2,1-4H3,(H2,22,23,25)/b8-5+,11-10+,15-7+,16-13+. The van der Waals surface area contributed by atoms with Crippen molar-refractivity contribution in [2.24, 2.45) is 5.41 Å². The van der Waals surface area contributed by atoms with Crippen molar-refractivity contribution in [3.8, 4) is 0 Å². The molecule has 1 heterocycles. The van der Waals surface area contributed by atoms with Crippen molar-refractivity contribution < 1.29 is 5.11 Å². The third-order valence-electron chi connectivity index (χ3n) is 4.49. The molecule has 3 N–H and O–H groups in total. The predicted molar refractivity (Wildman–Crippen MR) is 104 cm³/mol. The van der Waals surface area contributed by atoms with Gasteiger partial charge in [0.2, 0.25) is 0 Å². The predicted octanol–water partition coefficient (Wildman–Crippen LogP) is 5.19. The first-order valence-corrected chi connectivity index (χ1v) is 8.69. The molecule has 1 aliphatic carbocycles. The number of nitrogens with one attached hydrogen (secondary N) is 2. The maximum absolute atomic E-state index is 11.1. The normalized spacial score (nSPS) is 19.4. The summed E-state index contributed by atoms with van der Waals surface area (Å²) in [6.07, 6.45) is 14.9. The molecule has 0 unspecified atom stereocenters. The van der Waals surface area contributed by atoms with Gasteiger partial charge in [0.1, 0.15) is 0 Å². The van der Waals surface area contributed by atoms with Gasteiger partial charge in [0.25, 0.3) is 5.56 Å². The number of H-pyrrole nitrogens is 2. The Morgan fingerprint density at radius 2 is 1.96 bits per heavy atom. The molecule has 0 bridgehead atoms. The molecule has 0 radical (unpaired) electrons. The molecular formula is C21H28N2O2. The van der Waals surface area contributed by atoms with Gasteiger partial charge < -0.3 is 5.11 Å². The summed E-state index contributed by atoms with van der Waals surface area (Å²) in [5.74, 6) is 0.523. The molecule has 0 saturated heterocycles. The molecule has 1 aromatic rings. The zero-order valence-electron chi connectivity index (χ0n) is 15.5. The smallest absolute Gasteiger partial charge is 0.264 e. The Kier molecular flexibility index (Phi) is 6.07. The number of aromatic amines is 2. The second-order valence-electron chi connectivity index (χ2n) is 7.30. The summed E-state index contributed by atoms with van der Waals surface area (Å²) in [5.41, 5.74) is 3.85. The maximum atomic E-state index is 11.1. The Morgan fingerprint density at radius 1 is 1.20 bits per heavy atom. The van der Waals surface area contributed by atoms with Gasteiger partial charge in [-0.15, -0.1) is 0 Å². The average molecular weight is 340 g/mol. The molecule has 134 valence electrons. The SMILES string of the molecule is CC(/C=C/C1=C(O)CCCC1(C)C)=C\C=C\C(C)=C\c1cc(=O)[nH][nH]1. The van der Waals surface area contributed by atoms with Crippen LogP contribution in [-0.2, 0) is 0 Å². The van der Waals surface area contributed by atoms with Gasteiger partial charge in [0.15, 0.2) is 0 Å². The molecule has 0 aliphatic heterocycles. The van der Waals surface area contributed by atoms with Crippen molar-refractivity contribution in [1.29, 1.82) is 0 Å². The van der Waals surface area contributed by atoms with Gasteiger partial charge in [-0.3, -0.25) is 15.0 Å². The third-order valence-corrected chi connectivity index (χ3v) is 4.49. The van der Waals surface area contributed by atoms with Crippen molar-refractivity contribution in [2.75, 3.05) is 0 Å². The highest BCUT2D eigenvalue weighted by Crippen LogP contribution is 2.40. The van der Waals surface area contributed by atoms with E-state index in [-0.39, 0.29) is 11.0 Å². The van der Waals surface area contributed by atoms with Crippen molar-refractivity contribution in [2.45, 2.75) is 47.0 Å². The summed E-state index contributed by atoms with van der Waals surface area (Å²) in [4.78, 5) is 11.1. The summed E-state index contributed by atoms with van der Waals surface area (Å²) >= 11 is 0. The Hall–Kier alpha value is -2.49. The van der Waals surface area contributed by atoms with Crippen LogP contribution in [0.3, 0.4) is 0 Å². The van der Waals surface area contributed by atoms with E-state index in [1.54, 1.807) is 0 Å². The van der Waals surface area contributed by atoms with Crippen molar-refractivity contribution >= 4 is 6.08 Å². The monoisotopic (exact) mass is 340 g/mol. The number of aliphatic hydroxyl groups is 1. The minimum Gasteiger partial charge on any atom is -0.512 e. The molecule has 1 aliphatic rings. The van der Waals surface area contributed by atoms with Crippen molar-refractivity contribution in [3.63, 3.8) is 0 Å². The van der Waals surface area contributed by atoms with Crippen LogP contribution in [0.1, 0.15) is 52.7 Å². The molecule has 4 heteroatoms. The molecule has 2 rings (SSSR count). The van der Waals surface area contributed by atoms with Crippen LogP contribution in [0.2, 0.25) is 0 Å². The zero-order chi connectivity index (χ0) is 18.4. The fourth-order valence-electron chi connectivity index (χ4n) is 3.02. The van der Waals surface area contributed by atoms with Crippen LogP contribution < -0.4 is 5.56 Å². The number of allylic oxidation sites excluding steroid dienone is 9. The molecule has 4 nitrogen and oxygen atoms in total. The molecular weight excluding hydrogens is 312 g/mol. The molecule has 0 spiro atoms. The van der Waals surface area contributed by atoms with E-state index in [0.717, 1.165) is 41.7 Å². The van der Waals surface area contributed by atoms with E-state index in [1.807, 2.05) is 50.3 Å². The van der Waals surface area contributed by atoms with Gasteiger partial charge in [0.05, 0.1) is 11.5 Å². The highest BCUT2D eigenvalue weighted by Gasteiger charge is 2.28. The van der Waals surface area contributed by atoms with Crippen molar-refractivity contribution in [1.82, 2.24) is 10.2 Å². The largest absolute Gasteiger partial charge is 0.512 e. The van der Waals surface area contributed by atoms with E-state index in [4.69, 9.17) is 0 Å². The van der Waals surface area contributed by atoms with Crippen LogP contribution >= 0.6 is 0 Å². The van der Waals surface area contributed by atoms with E-state index in [2.05, 4.69) is 24.0 Å². The number of hydrogen-bond donors (Lipinski definition) is 3. The first-order valence-electron chi connectivity index (χ1n) is 8.69. The Morgan fingerprint density at radius 3 is 2.60 bits per heavy atom. The van der Waals surface area contributed by atoms with E-state index < -0.39 is 0 Å². The molecule has 1 aromatic heterocycles. The Bertz CT molecular complexity index is 811.